The second kappa shape index (κ2) is 9.35. The Morgan fingerprint density at radius 2 is 2.10 bits per heavy atom. The van der Waals surface area contributed by atoms with E-state index in [1.165, 1.54) is 11.3 Å². The van der Waals surface area contributed by atoms with Crippen LogP contribution in [-0.2, 0) is 11.2 Å². The van der Waals surface area contributed by atoms with Gasteiger partial charge in [0.15, 0.2) is 5.13 Å². The van der Waals surface area contributed by atoms with Crippen molar-refractivity contribution in [2.24, 2.45) is 5.73 Å². The number of aromatic nitrogens is 2. The monoisotopic (exact) mass is 433 g/mol. The number of carbonyl (C=O) groups excluding carboxylic acids is 1. The number of thiazole rings is 1. The van der Waals surface area contributed by atoms with Crippen molar-refractivity contribution in [3.05, 3.63) is 63.8 Å². The molecule has 1 aliphatic heterocycles. The van der Waals surface area contributed by atoms with Crippen molar-refractivity contribution in [1.29, 1.82) is 5.26 Å². The Hall–Kier alpha value is -3.12. The van der Waals surface area contributed by atoms with Gasteiger partial charge in [0.2, 0.25) is 5.78 Å². The van der Waals surface area contributed by atoms with E-state index in [-0.39, 0.29) is 5.78 Å². The second-order valence-electron chi connectivity index (χ2n) is 7.29. The first kappa shape index (κ1) is 21.1. The Labute approximate surface area is 185 Å². The van der Waals surface area contributed by atoms with Gasteiger partial charge in [-0.05, 0) is 43.7 Å². The fourth-order valence-electron chi connectivity index (χ4n) is 3.53. The predicted molar refractivity (Wildman–Crippen MR) is 120 cm³/mol. The molecule has 2 N–H and O–H groups in total. The van der Waals surface area contributed by atoms with Gasteiger partial charge in [0.05, 0.1) is 30.5 Å². The summed E-state index contributed by atoms with van der Waals surface area (Å²) in [4.78, 5) is 25.7. The molecule has 158 valence electrons. The van der Waals surface area contributed by atoms with Crippen LogP contribution < -0.4 is 10.6 Å². The number of nitriles is 1. The molecule has 1 saturated heterocycles. The Bertz CT molecular complexity index is 1130. The summed E-state index contributed by atoms with van der Waals surface area (Å²) in [6.07, 6.45) is 2.52. The smallest absolute Gasteiger partial charge is 0.213 e. The van der Waals surface area contributed by atoms with E-state index in [4.69, 9.17) is 10.5 Å². The lowest BCUT2D eigenvalue weighted by atomic mass is 9.96. The third-order valence-electron chi connectivity index (χ3n) is 5.21. The lowest BCUT2D eigenvalue weighted by Crippen LogP contribution is -2.36. The van der Waals surface area contributed by atoms with Gasteiger partial charge in [-0.15, -0.1) is 11.3 Å². The normalized spacial score (nSPS) is 13.8. The van der Waals surface area contributed by atoms with Crippen LogP contribution in [0.25, 0.3) is 11.3 Å². The van der Waals surface area contributed by atoms with Gasteiger partial charge in [0.1, 0.15) is 5.69 Å². The number of morpholine rings is 1. The molecule has 0 aliphatic carbocycles. The number of nitrogens with two attached hydrogens (primary N) is 1. The van der Waals surface area contributed by atoms with Gasteiger partial charge in [0.25, 0.3) is 0 Å². The minimum Gasteiger partial charge on any atom is -0.378 e. The van der Waals surface area contributed by atoms with Crippen LogP contribution >= 0.6 is 11.3 Å². The van der Waals surface area contributed by atoms with Crippen LogP contribution in [0.3, 0.4) is 0 Å². The van der Waals surface area contributed by atoms with E-state index in [1.807, 2.05) is 19.1 Å². The number of rotatable bonds is 6. The van der Waals surface area contributed by atoms with Crippen molar-refractivity contribution in [3.63, 3.8) is 0 Å². The highest BCUT2D eigenvalue weighted by Crippen LogP contribution is 2.31. The lowest BCUT2D eigenvalue weighted by Gasteiger charge is -2.26. The second-order valence-corrected chi connectivity index (χ2v) is 8.47. The molecule has 0 radical (unpaired) electrons. The molecule has 4 rings (SSSR count). The van der Waals surface area contributed by atoms with Crippen molar-refractivity contribution in [2.45, 2.75) is 13.3 Å². The number of aryl methyl sites for hydroxylation is 1. The molecule has 2 aromatic heterocycles. The summed E-state index contributed by atoms with van der Waals surface area (Å²) >= 11 is 1.51. The minimum absolute atomic E-state index is 0.201. The third kappa shape index (κ3) is 4.49. The molecule has 8 heteroatoms. The lowest BCUT2D eigenvalue weighted by molar-refractivity contribution is 0.103. The molecule has 0 unspecified atom stereocenters. The molecular weight excluding hydrogens is 410 g/mol. The molecule has 31 heavy (non-hydrogen) atoms. The molecule has 0 atom stereocenters. The molecule has 0 spiro atoms. The van der Waals surface area contributed by atoms with Gasteiger partial charge in [-0.25, -0.2) is 4.98 Å². The van der Waals surface area contributed by atoms with E-state index in [1.54, 1.807) is 24.4 Å². The predicted octanol–water partition coefficient (Wildman–Crippen LogP) is 2.95. The average Bonchev–Trinajstić information content (AvgIpc) is 3.21. The fourth-order valence-corrected chi connectivity index (χ4v) is 4.49. The van der Waals surface area contributed by atoms with Crippen molar-refractivity contribution in [3.8, 4) is 17.3 Å². The first-order chi connectivity index (χ1) is 15.1. The van der Waals surface area contributed by atoms with Crippen LogP contribution in [-0.4, -0.2) is 48.6 Å². The Morgan fingerprint density at radius 1 is 1.29 bits per heavy atom. The highest BCUT2D eigenvalue weighted by Gasteiger charge is 2.24. The van der Waals surface area contributed by atoms with Crippen LogP contribution in [0.1, 0.15) is 32.1 Å². The van der Waals surface area contributed by atoms with Gasteiger partial charge in [-0.3, -0.25) is 9.78 Å². The third-order valence-corrected chi connectivity index (χ3v) is 6.24. The summed E-state index contributed by atoms with van der Waals surface area (Å²) in [5.74, 6) is -0.201. The Balaban J connectivity index is 1.72. The topological polar surface area (TPSA) is 105 Å². The van der Waals surface area contributed by atoms with Crippen LogP contribution in [0.4, 0.5) is 5.13 Å². The van der Waals surface area contributed by atoms with Crippen molar-refractivity contribution in [2.75, 3.05) is 37.7 Å². The Morgan fingerprint density at radius 3 is 2.77 bits per heavy atom. The first-order valence-electron chi connectivity index (χ1n) is 10.1. The standard InChI is InChI=1S/C23H23N5O2S/c1-15-21(27-23(31-15)28-8-10-30-11-9-28)22(29)19-12-17(13-25)2-4-18(19)20-5-3-16(6-7-24)14-26-20/h2-5,12,14H,6-11,24H2,1H3. The maximum atomic E-state index is 13.5. The molecule has 1 aromatic carbocycles. The number of benzene rings is 1. The van der Waals surface area contributed by atoms with E-state index < -0.39 is 0 Å². The van der Waals surface area contributed by atoms with Crippen molar-refractivity contribution >= 4 is 22.3 Å². The molecule has 3 heterocycles. The first-order valence-corrected chi connectivity index (χ1v) is 11.0. The van der Waals surface area contributed by atoms with Crippen LogP contribution in [0.5, 0.6) is 0 Å². The maximum Gasteiger partial charge on any atom is 0.213 e. The van der Waals surface area contributed by atoms with Gasteiger partial charge in [-0.2, -0.15) is 5.26 Å². The van der Waals surface area contributed by atoms with E-state index in [0.717, 1.165) is 35.1 Å². The molecule has 7 nitrogen and oxygen atoms in total. The fraction of sp³-hybridized carbons (Fsp3) is 0.304. The van der Waals surface area contributed by atoms with Gasteiger partial charge >= 0.3 is 0 Å². The number of hydrogen-bond donors (Lipinski definition) is 1. The zero-order chi connectivity index (χ0) is 21.8. The molecule has 0 amide bonds. The molecule has 1 fully saturated rings. The number of hydrogen-bond acceptors (Lipinski definition) is 8. The SMILES string of the molecule is Cc1sc(N2CCOCC2)nc1C(=O)c1cc(C#N)ccc1-c1ccc(CCN)cn1. The van der Waals surface area contributed by atoms with E-state index in [9.17, 15) is 10.1 Å². The van der Waals surface area contributed by atoms with Crippen LogP contribution in [0.15, 0.2) is 36.5 Å². The zero-order valence-corrected chi connectivity index (χ0v) is 18.1. The van der Waals surface area contributed by atoms with E-state index in [2.05, 4.69) is 20.9 Å². The maximum absolute atomic E-state index is 13.5. The average molecular weight is 434 g/mol. The van der Waals surface area contributed by atoms with Gasteiger partial charge in [-0.1, -0.05) is 12.1 Å². The molecular formula is C23H23N5O2S. The van der Waals surface area contributed by atoms with E-state index in [0.29, 0.717) is 47.8 Å². The summed E-state index contributed by atoms with van der Waals surface area (Å²) in [6.45, 7) is 5.28. The summed E-state index contributed by atoms with van der Waals surface area (Å²) in [6, 6.07) is 11.1. The highest BCUT2D eigenvalue weighted by molar-refractivity contribution is 7.15. The summed E-state index contributed by atoms with van der Waals surface area (Å²) in [5.41, 5.74) is 9.29. The van der Waals surface area contributed by atoms with Crippen LogP contribution in [0.2, 0.25) is 0 Å². The molecule has 1 aliphatic rings. The molecule has 3 aromatic rings. The van der Waals surface area contributed by atoms with Gasteiger partial charge in [0, 0.05) is 35.3 Å². The minimum atomic E-state index is -0.201. The van der Waals surface area contributed by atoms with E-state index >= 15 is 0 Å². The van der Waals surface area contributed by atoms with Crippen molar-refractivity contribution in [1.82, 2.24) is 9.97 Å². The number of ether oxygens (including phenoxy) is 1. The number of anilines is 1. The highest BCUT2D eigenvalue weighted by atomic mass is 32.1. The summed E-state index contributed by atoms with van der Waals surface area (Å²) < 4.78 is 5.41. The van der Waals surface area contributed by atoms with Gasteiger partial charge < -0.3 is 15.4 Å². The van der Waals surface area contributed by atoms with Crippen molar-refractivity contribution < 1.29 is 9.53 Å². The summed E-state index contributed by atoms with van der Waals surface area (Å²) in [7, 11) is 0. The number of pyridine rings is 1. The molecule has 0 bridgehead atoms. The Kier molecular flexibility index (Phi) is 6.37. The molecule has 0 saturated carbocycles. The summed E-state index contributed by atoms with van der Waals surface area (Å²) in [5, 5.41) is 10.2. The largest absolute Gasteiger partial charge is 0.378 e. The number of carbonyl (C=O) groups is 1. The number of ketones is 1. The zero-order valence-electron chi connectivity index (χ0n) is 17.3. The quantitative estimate of drug-likeness (QED) is 0.596. The number of nitrogens with zero attached hydrogens (tertiary/aromatic N) is 4. The van der Waals surface area contributed by atoms with Crippen LogP contribution in [0, 0.1) is 18.3 Å².